The summed E-state index contributed by atoms with van der Waals surface area (Å²) in [5.41, 5.74) is 2.30. The van der Waals surface area contributed by atoms with Gasteiger partial charge in [-0.15, -0.1) is 0 Å². The average Bonchev–Trinajstić information content (AvgIpc) is 3.11. The lowest BCUT2D eigenvalue weighted by molar-refractivity contribution is 0.0714. The van der Waals surface area contributed by atoms with Crippen molar-refractivity contribution in [2.45, 2.75) is 26.2 Å². The molecule has 144 valence electrons. The summed E-state index contributed by atoms with van der Waals surface area (Å²) in [4.78, 5) is 32.2. The van der Waals surface area contributed by atoms with Gasteiger partial charge in [0.05, 0.1) is 12.7 Å². The van der Waals surface area contributed by atoms with E-state index in [-0.39, 0.29) is 11.8 Å². The van der Waals surface area contributed by atoms with Gasteiger partial charge in [-0.3, -0.25) is 9.59 Å². The molecule has 2 aromatic rings. The van der Waals surface area contributed by atoms with Gasteiger partial charge in [-0.2, -0.15) is 0 Å². The minimum atomic E-state index is -0.0451. The van der Waals surface area contributed by atoms with Crippen LogP contribution in [0.3, 0.4) is 0 Å². The number of hydrogen-bond acceptors (Lipinski definition) is 3. The molecule has 6 nitrogen and oxygen atoms in total. The molecule has 1 N–H and O–H groups in total. The van der Waals surface area contributed by atoms with E-state index in [1.54, 1.807) is 24.3 Å². The Bertz CT molecular complexity index is 799. The molecule has 2 heterocycles. The van der Waals surface area contributed by atoms with Crippen LogP contribution < -0.4 is 4.74 Å². The van der Waals surface area contributed by atoms with Crippen molar-refractivity contribution in [3.05, 3.63) is 53.3 Å². The Kier molecular flexibility index (Phi) is 5.84. The number of carbonyl (C=O) groups excluding carboxylic acids is 2. The molecule has 2 amide bonds. The first-order valence-corrected chi connectivity index (χ1v) is 9.41. The standard InChI is InChI=1S/C21H27N3O3/c1-15(2)16-7-8-17(19(14-16)27-3)20(25)23-10-5-11-24(13-12-23)21(26)18-6-4-9-22-18/h4,6-9,14-15,22H,5,10-13H2,1-3H3. The third-order valence-electron chi connectivity index (χ3n) is 5.02. The van der Waals surface area contributed by atoms with Gasteiger partial charge in [-0.05, 0) is 42.2 Å². The van der Waals surface area contributed by atoms with E-state index in [1.807, 2.05) is 29.2 Å². The number of nitrogens with zero attached hydrogens (tertiary/aromatic N) is 2. The predicted octanol–water partition coefficient (Wildman–Crippen LogP) is 3.14. The third-order valence-corrected chi connectivity index (χ3v) is 5.02. The number of rotatable bonds is 4. The fourth-order valence-electron chi connectivity index (χ4n) is 3.37. The number of methoxy groups -OCH3 is 1. The number of carbonyl (C=O) groups is 2. The Morgan fingerprint density at radius 2 is 1.74 bits per heavy atom. The first-order valence-electron chi connectivity index (χ1n) is 9.41. The summed E-state index contributed by atoms with van der Waals surface area (Å²) in [6.45, 7) is 6.53. The van der Waals surface area contributed by atoms with Crippen LogP contribution in [0.5, 0.6) is 5.75 Å². The van der Waals surface area contributed by atoms with E-state index in [0.717, 1.165) is 12.0 Å². The number of nitrogens with one attached hydrogen (secondary N) is 1. The number of aromatic nitrogens is 1. The zero-order chi connectivity index (χ0) is 19.4. The molecule has 0 radical (unpaired) electrons. The fraction of sp³-hybridized carbons (Fsp3) is 0.429. The van der Waals surface area contributed by atoms with E-state index in [9.17, 15) is 9.59 Å². The topological polar surface area (TPSA) is 65.6 Å². The SMILES string of the molecule is COc1cc(C(C)C)ccc1C(=O)N1CCCN(C(=O)c2ccc[nH]2)CC1. The molecule has 1 fully saturated rings. The molecule has 0 atom stereocenters. The molecule has 1 aliphatic rings. The highest BCUT2D eigenvalue weighted by Crippen LogP contribution is 2.26. The maximum atomic E-state index is 13.1. The summed E-state index contributed by atoms with van der Waals surface area (Å²) >= 11 is 0. The molecule has 3 rings (SSSR count). The van der Waals surface area contributed by atoms with Crippen LogP contribution in [0.1, 0.15) is 52.6 Å². The molecule has 0 unspecified atom stereocenters. The predicted molar refractivity (Wildman–Crippen MR) is 104 cm³/mol. The minimum Gasteiger partial charge on any atom is -0.496 e. The molecule has 1 aliphatic heterocycles. The summed E-state index contributed by atoms with van der Waals surface area (Å²) in [5.74, 6) is 0.910. The van der Waals surface area contributed by atoms with Crippen LogP contribution in [0.15, 0.2) is 36.5 Å². The van der Waals surface area contributed by atoms with E-state index < -0.39 is 0 Å². The van der Waals surface area contributed by atoms with Crippen molar-refractivity contribution < 1.29 is 14.3 Å². The lowest BCUT2D eigenvalue weighted by atomic mass is 10.0. The Labute approximate surface area is 160 Å². The molecule has 6 heteroatoms. The first-order chi connectivity index (χ1) is 13.0. The van der Waals surface area contributed by atoms with Crippen molar-refractivity contribution in [1.82, 2.24) is 14.8 Å². The van der Waals surface area contributed by atoms with E-state index in [4.69, 9.17) is 4.74 Å². The lowest BCUT2D eigenvalue weighted by Crippen LogP contribution is -2.37. The molecule has 1 aromatic heterocycles. The van der Waals surface area contributed by atoms with Crippen LogP contribution >= 0.6 is 0 Å². The third kappa shape index (κ3) is 4.15. The maximum absolute atomic E-state index is 13.1. The van der Waals surface area contributed by atoms with Gasteiger partial charge in [0.25, 0.3) is 11.8 Å². The van der Waals surface area contributed by atoms with Gasteiger partial charge in [0.1, 0.15) is 11.4 Å². The molecule has 0 saturated carbocycles. The summed E-state index contributed by atoms with van der Waals surface area (Å²) in [6.07, 6.45) is 2.50. The van der Waals surface area contributed by atoms with E-state index in [1.165, 1.54) is 0 Å². The van der Waals surface area contributed by atoms with Crippen LogP contribution in [0, 0.1) is 0 Å². The van der Waals surface area contributed by atoms with Crippen LogP contribution in [0.2, 0.25) is 0 Å². The quantitative estimate of drug-likeness (QED) is 0.900. The van der Waals surface area contributed by atoms with Crippen molar-refractivity contribution >= 4 is 11.8 Å². The van der Waals surface area contributed by atoms with Gasteiger partial charge < -0.3 is 19.5 Å². The van der Waals surface area contributed by atoms with Crippen molar-refractivity contribution in [2.24, 2.45) is 0 Å². The van der Waals surface area contributed by atoms with Crippen LogP contribution in [-0.2, 0) is 0 Å². The van der Waals surface area contributed by atoms with Crippen LogP contribution in [-0.4, -0.2) is 59.9 Å². The highest BCUT2D eigenvalue weighted by Gasteiger charge is 2.25. The molecular weight excluding hydrogens is 342 g/mol. The normalized spacial score (nSPS) is 15.0. The zero-order valence-electron chi connectivity index (χ0n) is 16.2. The highest BCUT2D eigenvalue weighted by molar-refractivity contribution is 5.97. The van der Waals surface area contributed by atoms with Crippen LogP contribution in [0.4, 0.5) is 0 Å². The minimum absolute atomic E-state index is 0.0202. The number of ether oxygens (including phenoxy) is 1. The highest BCUT2D eigenvalue weighted by atomic mass is 16.5. The molecule has 0 aliphatic carbocycles. The van der Waals surface area contributed by atoms with Gasteiger partial charge >= 0.3 is 0 Å². The van der Waals surface area contributed by atoms with Gasteiger partial charge in [0.15, 0.2) is 0 Å². The Hall–Kier alpha value is -2.76. The van der Waals surface area contributed by atoms with Crippen LogP contribution in [0.25, 0.3) is 0 Å². The van der Waals surface area contributed by atoms with Gasteiger partial charge in [0, 0.05) is 32.4 Å². The number of benzene rings is 1. The molecular formula is C21H27N3O3. The smallest absolute Gasteiger partial charge is 0.270 e. The Balaban J connectivity index is 1.72. The Morgan fingerprint density at radius 1 is 1.04 bits per heavy atom. The lowest BCUT2D eigenvalue weighted by Gasteiger charge is -2.23. The number of amides is 2. The summed E-state index contributed by atoms with van der Waals surface area (Å²) in [6, 6.07) is 9.37. The summed E-state index contributed by atoms with van der Waals surface area (Å²) < 4.78 is 5.47. The van der Waals surface area contributed by atoms with Gasteiger partial charge in [-0.25, -0.2) is 0 Å². The zero-order valence-corrected chi connectivity index (χ0v) is 16.2. The molecule has 0 bridgehead atoms. The van der Waals surface area contributed by atoms with Crippen molar-refractivity contribution in [3.63, 3.8) is 0 Å². The van der Waals surface area contributed by atoms with E-state index in [2.05, 4.69) is 18.8 Å². The van der Waals surface area contributed by atoms with Crippen molar-refractivity contribution in [1.29, 1.82) is 0 Å². The molecule has 0 spiro atoms. The molecule has 1 saturated heterocycles. The number of hydrogen-bond donors (Lipinski definition) is 1. The number of H-pyrrole nitrogens is 1. The van der Waals surface area contributed by atoms with Gasteiger partial charge in [0.2, 0.25) is 0 Å². The van der Waals surface area contributed by atoms with E-state index in [0.29, 0.717) is 49.1 Å². The summed E-state index contributed by atoms with van der Waals surface area (Å²) in [5, 5.41) is 0. The maximum Gasteiger partial charge on any atom is 0.270 e. The summed E-state index contributed by atoms with van der Waals surface area (Å²) in [7, 11) is 1.59. The largest absolute Gasteiger partial charge is 0.496 e. The second kappa shape index (κ2) is 8.29. The fourth-order valence-corrected chi connectivity index (χ4v) is 3.37. The second-order valence-electron chi connectivity index (χ2n) is 7.14. The van der Waals surface area contributed by atoms with Gasteiger partial charge in [-0.1, -0.05) is 19.9 Å². The first kappa shape index (κ1) is 19.0. The number of aromatic amines is 1. The molecule has 27 heavy (non-hydrogen) atoms. The second-order valence-corrected chi connectivity index (χ2v) is 7.14. The van der Waals surface area contributed by atoms with E-state index >= 15 is 0 Å². The molecule has 1 aromatic carbocycles. The average molecular weight is 369 g/mol. The monoisotopic (exact) mass is 369 g/mol. The van der Waals surface area contributed by atoms with Crippen molar-refractivity contribution in [3.8, 4) is 5.75 Å². The van der Waals surface area contributed by atoms with Crippen molar-refractivity contribution in [2.75, 3.05) is 33.3 Å². The Morgan fingerprint density at radius 3 is 2.33 bits per heavy atom.